The number of nitrogens with one attached hydrogen (secondary N) is 1. The van der Waals surface area contributed by atoms with Crippen molar-refractivity contribution in [3.63, 3.8) is 0 Å². The van der Waals surface area contributed by atoms with Crippen LogP contribution in [0.15, 0.2) is 42.7 Å². The molecule has 100 valence electrons. The number of ether oxygens (including phenoxy) is 1. The lowest BCUT2D eigenvalue weighted by Gasteiger charge is -2.07. The third kappa shape index (κ3) is 2.48. The monoisotopic (exact) mass is 286 g/mol. The van der Waals surface area contributed by atoms with Gasteiger partial charge in [-0.2, -0.15) is 0 Å². The zero-order valence-corrected chi connectivity index (χ0v) is 11.4. The van der Waals surface area contributed by atoms with Crippen LogP contribution in [0.1, 0.15) is 0 Å². The molecule has 1 N–H and O–H groups in total. The van der Waals surface area contributed by atoms with Crippen molar-refractivity contribution in [3.8, 4) is 6.01 Å². The van der Waals surface area contributed by atoms with E-state index < -0.39 is 0 Å². The molecule has 0 aliphatic heterocycles. The van der Waals surface area contributed by atoms with E-state index in [0.29, 0.717) is 16.9 Å². The Labute approximate surface area is 120 Å². The standard InChI is InChI=1S/C14H11ClN4O/c1-20-14-16-7-10(8-17-14)18-12-6-5-9-3-2-4-11(15)13(9)19-12/h2-8H,1H3,(H,18,19). The SMILES string of the molecule is COc1ncc(Nc2ccc3cccc(Cl)c3n2)cn1. The van der Waals surface area contributed by atoms with Gasteiger partial charge in [-0.3, -0.25) is 0 Å². The molecule has 0 atom stereocenters. The Morgan fingerprint density at radius 3 is 2.65 bits per heavy atom. The topological polar surface area (TPSA) is 59.9 Å². The lowest BCUT2D eigenvalue weighted by Crippen LogP contribution is -1.97. The van der Waals surface area contributed by atoms with E-state index in [4.69, 9.17) is 16.3 Å². The Bertz CT molecular complexity index is 746. The number of benzene rings is 1. The van der Waals surface area contributed by atoms with Crippen LogP contribution in [0.4, 0.5) is 11.5 Å². The number of pyridine rings is 1. The summed E-state index contributed by atoms with van der Waals surface area (Å²) in [5, 5.41) is 4.74. The minimum atomic E-state index is 0.324. The van der Waals surface area contributed by atoms with Crippen molar-refractivity contribution in [1.29, 1.82) is 0 Å². The molecule has 0 bridgehead atoms. The van der Waals surface area contributed by atoms with Crippen LogP contribution in [0.3, 0.4) is 0 Å². The molecule has 20 heavy (non-hydrogen) atoms. The van der Waals surface area contributed by atoms with Gasteiger partial charge < -0.3 is 10.1 Å². The van der Waals surface area contributed by atoms with Gasteiger partial charge in [0.25, 0.3) is 0 Å². The van der Waals surface area contributed by atoms with Gasteiger partial charge in [0.05, 0.1) is 35.7 Å². The second-order valence-electron chi connectivity index (χ2n) is 4.09. The van der Waals surface area contributed by atoms with E-state index >= 15 is 0 Å². The summed E-state index contributed by atoms with van der Waals surface area (Å²) in [5.74, 6) is 0.680. The van der Waals surface area contributed by atoms with Crippen LogP contribution in [0.25, 0.3) is 10.9 Å². The summed E-state index contributed by atoms with van der Waals surface area (Å²) in [6.07, 6.45) is 3.26. The van der Waals surface area contributed by atoms with Crippen molar-refractivity contribution in [3.05, 3.63) is 47.7 Å². The molecule has 0 unspecified atom stereocenters. The molecule has 6 heteroatoms. The van der Waals surface area contributed by atoms with Crippen LogP contribution in [-0.4, -0.2) is 22.1 Å². The molecule has 0 amide bonds. The van der Waals surface area contributed by atoms with Gasteiger partial charge in [0.15, 0.2) is 0 Å². The number of fused-ring (bicyclic) bond motifs is 1. The van der Waals surface area contributed by atoms with Gasteiger partial charge >= 0.3 is 6.01 Å². The van der Waals surface area contributed by atoms with Gasteiger partial charge in [-0.1, -0.05) is 23.7 Å². The van der Waals surface area contributed by atoms with Crippen LogP contribution in [-0.2, 0) is 0 Å². The highest BCUT2D eigenvalue weighted by molar-refractivity contribution is 6.35. The van der Waals surface area contributed by atoms with Crippen LogP contribution in [0.5, 0.6) is 6.01 Å². The van der Waals surface area contributed by atoms with Gasteiger partial charge in [0, 0.05) is 5.39 Å². The van der Waals surface area contributed by atoms with E-state index in [9.17, 15) is 0 Å². The van der Waals surface area contributed by atoms with E-state index in [1.54, 1.807) is 12.4 Å². The number of anilines is 2. The Balaban J connectivity index is 1.92. The number of rotatable bonds is 3. The highest BCUT2D eigenvalue weighted by Crippen LogP contribution is 2.24. The molecule has 1 aromatic carbocycles. The number of halogens is 1. The number of hydrogen-bond donors (Lipinski definition) is 1. The summed E-state index contributed by atoms with van der Waals surface area (Å²) in [7, 11) is 1.52. The molecule has 0 fully saturated rings. The maximum atomic E-state index is 6.14. The predicted octanol–water partition coefficient (Wildman–Crippen LogP) is 3.43. The fraction of sp³-hybridized carbons (Fsp3) is 0.0714. The summed E-state index contributed by atoms with van der Waals surface area (Å²) < 4.78 is 4.91. The van der Waals surface area contributed by atoms with Crippen molar-refractivity contribution in [1.82, 2.24) is 15.0 Å². The summed E-state index contributed by atoms with van der Waals surface area (Å²) >= 11 is 6.14. The van der Waals surface area contributed by atoms with Gasteiger partial charge in [0.2, 0.25) is 0 Å². The number of methoxy groups -OCH3 is 1. The van der Waals surface area contributed by atoms with E-state index in [-0.39, 0.29) is 0 Å². The van der Waals surface area contributed by atoms with Crippen molar-refractivity contribution in [2.24, 2.45) is 0 Å². The molecule has 0 spiro atoms. The average Bonchev–Trinajstić information content (AvgIpc) is 2.49. The number of nitrogens with zero attached hydrogens (tertiary/aromatic N) is 3. The minimum Gasteiger partial charge on any atom is -0.467 e. The number of para-hydroxylation sites is 1. The Morgan fingerprint density at radius 2 is 1.90 bits per heavy atom. The molecule has 3 aromatic rings. The zero-order chi connectivity index (χ0) is 13.9. The summed E-state index contributed by atoms with van der Waals surface area (Å²) in [4.78, 5) is 12.5. The van der Waals surface area contributed by atoms with E-state index in [2.05, 4.69) is 20.3 Å². The number of hydrogen-bond acceptors (Lipinski definition) is 5. The van der Waals surface area contributed by atoms with E-state index in [1.165, 1.54) is 7.11 Å². The third-order valence-electron chi connectivity index (χ3n) is 2.75. The summed E-state index contributed by atoms with van der Waals surface area (Å²) in [6, 6.07) is 9.84. The minimum absolute atomic E-state index is 0.324. The maximum absolute atomic E-state index is 6.14. The summed E-state index contributed by atoms with van der Waals surface area (Å²) in [5.41, 5.74) is 1.48. The first kappa shape index (κ1) is 12.6. The molecule has 0 aliphatic carbocycles. The highest BCUT2D eigenvalue weighted by Gasteiger charge is 2.03. The first-order chi connectivity index (χ1) is 9.76. The smallest absolute Gasteiger partial charge is 0.316 e. The molecule has 0 aliphatic rings. The zero-order valence-electron chi connectivity index (χ0n) is 10.7. The van der Waals surface area contributed by atoms with Crippen LogP contribution in [0.2, 0.25) is 5.02 Å². The molecule has 2 heterocycles. The van der Waals surface area contributed by atoms with Crippen molar-refractivity contribution in [2.75, 3.05) is 12.4 Å². The van der Waals surface area contributed by atoms with Gasteiger partial charge in [-0.15, -0.1) is 0 Å². The molecule has 0 saturated carbocycles. The summed E-state index contributed by atoms with van der Waals surface area (Å²) in [6.45, 7) is 0. The lowest BCUT2D eigenvalue weighted by molar-refractivity contribution is 0.380. The Hall–Kier alpha value is -2.40. The first-order valence-corrected chi connectivity index (χ1v) is 6.32. The first-order valence-electron chi connectivity index (χ1n) is 5.94. The molecule has 0 radical (unpaired) electrons. The highest BCUT2D eigenvalue weighted by atomic mass is 35.5. The second kappa shape index (κ2) is 5.30. The normalized spacial score (nSPS) is 10.5. The lowest BCUT2D eigenvalue weighted by atomic mass is 10.2. The predicted molar refractivity (Wildman–Crippen MR) is 78.6 cm³/mol. The molecule has 0 saturated heterocycles. The van der Waals surface area contributed by atoms with Gasteiger partial charge in [0.1, 0.15) is 5.82 Å². The molecule has 5 nitrogen and oxygen atoms in total. The maximum Gasteiger partial charge on any atom is 0.316 e. The fourth-order valence-corrected chi connectivity index (χ4v) is 2.04. The largest absolute Gasteiger partial charge is 0.467 e. The molecular formula is C14H11ClN4O. The van der Waals surface area contributed by atoms with E-state index in [1.807, 2.05) is 30.3 Å². The number of aromatic nitrogens is 3. The van der Waals surface area contributed by atoms with Crippen LogP contribution in [0, 0.1) is 0 Å². The average molecular weight is 287 g/mol. The molecular weight excluding hydrogens is 276 g/mol. The fourth-order valence-electron chi connectivity index (χ4n) is 1.81. The second-order valence-corrected chi connectivity index (χ2v) is 4.50. The van der Waals surface area contributed by atoms with Crippen LogP contribution >= 0.6 is 11.6 Å². The van der Waals surface area contributed by atoms with Crippen molar-refractivity contribution < 1.29 is 4.74 Å². The molecule has 3 rings (SSSR count). The third-order valence-corrected chi connectivity index (χ3v) is 3.06. The quantitative estimate of drug-likeness (QED) is 0.799. The van der Waals surface area contributed by atoms with Gasteiger partial charge in [-0.05, 0) is 18.2 Å². The van der Waals surface area contributed by atoms with Crippen molar-refractivity contribution in [2.45, 2.75) is 0 Å². The Morgan fingerprint density at radius 1 is 1.10 bits per heavy atom. The van der Waals surface area contributed by atoms with E-state index in [0.717, 1.165) is 16.6 Å². The molecule has 2 aromatic heterocycles. The van der Waals surface area contributed by atoms with Crippen LogP contribution < -0.4 is 10.1 Å². The Kier molecular flexibility index (Phi) is 3.35. The van der Waals surface area contributed by atoms with Gasteiger partial charge in [-0.25, -0.2) is 15.0 Å². The van der Waals surface area contributed by atoms with Crippen molar-refractivity contribution >= 4 is 34.0 Å².